The minimum atomic E-state index is -0.575. The molecule has 70 valence electrons. The van der Waals surface area contributed by atoms with Gasteiger partial charge in [0, 0.05) is 5.69 Å². The summed E-state index contributed by atoms with van der Waals surface area (Å²) in [6.45, 7) is 1.76. The lowest BCUT2D eigenvalue weighted by Crippen LogP contribution is -2.34. The first-order chi connectivity index (χ1) is 6.13. The van der Waals surface area contributed by atoms with Crippen LogP contribution in [0.4, 0.5) is 14.9 Å². The Kier molecular flexibility index (Phi) is 2.81. The van der Waals surface area contributed by atoms with Gasteiger partial charge in [-0.05, 0) is 24.6 Å². The molecule has 1 rings (SSSR count). The van der Waals surface area contributed by atoms with Gasteiger partial charge in [0.1, 0.15) is 5.82 Å². The Morgan fingerprint density at radius 3 is 2.85 bits per heavy atom. The van der Waals surface area contributed by atoms with Crippen molar-refractivity contribution < 1.29 is 9.18 Å². The van der Waals surface area contributed by atoms with Crippen LogP contribution in [0.25, 0.3) is 0 Å². The molecule has 0 aromatic heterocycles. The van der Waals surface area contributed by atoms with Gasteiger partial charge in [-0.25, -0.2) is 15.0 Å². The number of nitrogens with two attached hydrogens (primary N) is 1. The molecule has 0 fully saturated rings. The number of amides is 2. The smallest absolute Gasteiger partial charge is 0.307 e. The minimum absolute atomic E-state index is 0.405. The second-order valence-electron chi connectivity index (χ2n) is 2.56. The molecule has 1 aromatic carbocycles. The molecular formula is C8H10FN3O. The molecule has 0 spiro atoms. The van der Waals surface area contributed by atoms with E-state index in [0.717, 1.165) is 5.56 Å². The van der Waals surface area contributed by atoms with Crippen LogP contribution in [0.3, 0.4) is 0 Å². The molecular weight excluding hydrogens is 173 g/mol. The molecule has 0 aliphatic rings. The first-order valence-electron chi connectivity index (χ1n) is 3.67. The van der Waals surface area contributed by atoms with Crippen LogP contribution in [-0.2, 0) is 0 Å². The first-order valence-corrected chi connectivity index (χ1v) is 3.67. The van der Waals surface area contributed by atoms with Crippen molar-refractivity contribution in [2.75, 3.05) is 5.32 Å². The van der Waals surface area contributed by atoms with Gasteiger partial charge in [0.15, 0.2) is 0 Å². The predicted molar refractivity (Wildman–Crippen MR) is 47.5 cm³/mol. The van der Waals surface area contributed by atoms with Crippen LogP contribution in [-0.4, -0.2) is 6.03 Å². The highest BCUT2D eigenvalue weighted by Gasteiger charge is 2.03. The van der Waals surface area contributed by atoms with Crippen molar-refractivity contribution in [3.63, 3.8) is 0 Å². The zero-order valence-electron chi connectivity index (χ0n) is 7.10. The number of hydrogen-bond acceptors (Lipinski definition) is 2. The molecule has 4 N–H and O–H groups in total. The van der Waals surface area contributed by atoms with E-state index in [9.17, 15) is 9.18 Å². The molecule has 1 aromatic rings. The van der Waals surface area contributed by atoms with Gasteiger partial charge in [-0.2, -0.15) is 0 Å². The Bertz CT molecular complexity index is 327. The molecule has 0 saturated heterocycles. The number of carbonyl (C=O) groups is 1. The number of rotatable bonds is 1. The molecule has 2 amide bonds. The number of nitrogens with one attached hydrogen (secondary N) is 2. The van der Waals surface area contributed by atoms with Crippen molar-refractivity contribution in [3.8, 4) is 0 Å². The summed E-state index contributed by atoms with van der Waals surface area (Å²) in [7, 11) is 0. The van der Waals surface area contributed by atoms with E-state index in [1.165, 1.54) is 12.1 Å². The lowest BCUT2D eigenvalue weighted by Gasteiger charge is -2.06. The van der Waals surface area contributed by atoms with E-state index in [1.54, 1.807) is 13.0 Å². The molecule has 5 heteroatoms. The van der Waals surface area contributed by atoms with Crippen molar-refractivity contribution in [2.24, 2.45) is 5.84 Å². The number of carbonyl (C=O) groups excluding carboxylic acids is 1. The SMILES string of the molecule is Cc1ccc(F)cc1NC(=O)NN. The standard InChI is InChI=1S/C8H10FN3O/c1-5-2-3-6(9)4-7(5)11-8(13)12-10/h2-4H,10H2,1H3,(H2,11,12,13). The quantitative estimate of drug-likeness (QED) is 0.347. The fourth-order valence-corrected chi connectivity index (χ4v) is 0.887. The van der Waals surface area contributed by atoms with Crippen molar-refractivity contribution in [1.82, 2.24) is 5.43 Å². The van der Waals surface area contributed by atoms with Crippen molar-refractivity contribution in [3.05, 3.63) is 29.6 Å². The van der Waals surface area contributed by atoms with Gasteiger partial charge in [-0.1, -0.05) is 6.07 Å². The number of aryl methyl sites for hydroxylation is 1. The van der Waals surface area contributed by atoms with Crippen LogP contribution in [0.1, 0.15) is 5.56 Å². The average molecular weight is 183 g/mol. The highest BCUT2D eigenvalue weighted by Crippen LogP contribution is 2.15. The molecule has 0 saturated carbocycles. The summed E-state index contributed by atoms with van der Waals surface area (Å²) < 4.78 is 12.7. The average Bonchev–Trinajstić information content (AvgIpc) is 2.11. The molecule has 0 aliphatic heterocycles. The van der Waals surface area contributed by atoms with Crippen LogP contribution in [0.5, 0.6) is 0 Å². The van der Waals surface area contributed by atoms with Gasteiger partial charge in [0.25, 0.3) is 0 Å². The molecule has 0 unspecified atom stereocenters. The number of hydrazine groups is 1. The van der Waals surface area contributed by atoms with E-state index in [1.807, 2.05) is 5.43 Å². The molecule has 0 heterocycles. The molecule has 0 atom stereocenters. The van der Waals surface area contributed by atoms with Gasteiger partial charge >= 0.3 is 6.03 Å². The molecule has 4 nitrogen and oxygen atoms in total. The third kappa shape index (κ3) is 2.41. The topological polar surface area (TPSA) is 67.2 Å². The van der Waals surface area contributed by atoms with E-state index in [4.69, 9.17) is 5.84 Å². The second kappa shape index (κ2) is 3.86. The summed E-state index contributed by atoms with van der Waals surface area (Å²) in [5.74, 6) is 4.45. The number of halogens is 1. The Labute approximate surface area is 74.9 Å². The normalized spacial score (nSPS) is 9.46. The summed E-state index contributed by atoms with van der Waals surface area (Å²) in [5.41, 5.74) is 3.06. The van der Waals surface area contributed by atoms with Gasteiger partial charge in [0.05, 0.1) is 0 Å². The maximum atomic E-state index is 12.7. The van der Waals surface area contributed by atoms with Crippen LogP contribution in [0, 0.1) is 12.7 Å². The third-order valence-corrected chi connectivity index (χ3v) is 1.58. The van der Waals surface area contributed by atoms with Crippen LogP contribution >= 0.6 is 0 Å². The summed E-state index contributed by atoms with van der Waals surface area (Å²) in [5, 5.41) is 2.39. The summed E-state index contributed by atoms with van der Waals surface area (Å²) in [4.78, 5) is 10.8. The van der Waals surface area contributed by atoms with Gasteiger partial charge < -0.3 is 5.32 Å². The molecule has 13 heavy (non-hydrogen) atoms. The molecule has 0 radical (unpaired) electrons. The maximum absolute atomic E-state index is 12.7. The highest BCUT2D eigenvalue weighted by molar-refractivity contribution is 5.89. The van der Waals surface area contributed by atoms with E-state index in [0.29, 0.717) is 5.69 Å². The highest BCUT2D eigenvalue weighted by atomic mass is 19.1. The molecule has 0 bridgehead atoms. The maximum Gasteiger partial charge on any atom is 0.333 e. The lowest BCUT2D eigenvalue weighted by molar-refractivity contribution is 0.252. The minimum Gasteiger partial charge on any atom is -0.307 e. The fraction of sp³-hybridized carbons (Fsp3) is 0.125. The zero-order chi connectivity index (χ0) is 9.84. The van der Waals surface area contributed by atoms with Crippen LogP contribution < -0.4 is 16.6 Å². The van der Waals surface area contributed by atoms with Crippen molar-refractivity contribution >= 4 is 11.7 Å². The van der Waals surface area contributed by atoms with Crippen molar-refractivity contribution in [1.29, 1.82) is 0 Å². The van der Waals surface area contributed by atoms with Gasteiger partial charge in [-0.3, -0.25) is 5.43 Å². The second-order valence-corrected chi connectivity index (χ2v) is 2.56. The summed E-state index contributed by atoms with van der Waals surface area (Å²) in [6, 6.07) is 3.54. The van der Waals surface area contributed by atoms with Crippen LogP contribution in [0.2, 0.25) is 0 Å². The number of benzene rings is 1. The van der Waals surface area contributed by atoms with Crippen LogP contribution in [0.15, 0.2) is 18.2 Å². The van der Waals surface area contributed by atoms with Gasteiger partial charge in [0.2, 0.25) is 0 Å². The molecule has 0 aliphatic carbocycles. The fourth-order valence-electron chi connectivity index (χ4n) is 0.887. The Morgan fingerprint density at radius 1 is 1.54 bits per heavy atom. The summed E-state index contributed by atoms with van der Waals surface area (Å²) in [6.07, 6.45) is 0. The summed E-state index contributed by atoms with van der Waals surface area (Å²) >= 11 is 0. The zero-order valence-corrected chi connectivity index (χ0v) is 7.10. The number of hydrogen-bond donors (Lipinski definition) is 3. The Balaban J connectivity index is 2.87. The van der Waals surface area contributed by atoms with Crippen molar-refractivity contribution in [2.45, 2.75) is 6.92 Å². The largest absolute Gasteiger partial charge is 0.333 e. The van der Waals surface area contributed by atoms with E-state index in [2.05, 4.69) is 5.32 Å². The number of anilines is 1. The lowest BCUT2D eigenvalue weighted by atomic mass is 10.2. The number of urea groups is 1. The predicted octanol–water partition coefficient (Wildman–Crippen LogP) is 1.13. The Morgan fingerprint density at radius 2 is 2.23 bits per heavy atom. The third-order valence-electron chi connectivity index (χ3n) is 1.58. The Hall–Kier alpha value is -1.62. The first kappa shape index (κ1) is 9.47. The van der Waals surface area contributed by atoms with E-state index >= 15 is 0 Å². The van der Waals surface area contributed by atoms with Gasteiger partial charge in [-0.15, -0.1) is 0 Å². The monoisotopic (exact) mass is 183 g/mol. The van der Waals surface area contributed by atoms with E-state index in [-0.39, 0.29) is 0 Å². The van der Waals surface area contributed by atoms with E-state index < -0.39 is 11.8 Å².